The molecule has 0 spiro atoms. The summed E-state index contributed by atoms with van der Waals surface area (Å²) in [6, 6.07) is -1.59. The molecule has 0 aromatic rings. The number of carbonyl (C=O) groups excluding carboxylic acids is 2. The van der Waals surface area contributed by atoms with Gasteiger partial charge >= 0.3 is 5.97 Å². The van der Waals surface area contributed by atoms with E-state index in [2.05, 4.69) is 17.9 Å². The van der Waals surface area contributed by atoms with Crippen LogP contribution in [-0.2, 0) is 14.4 Å². The fraction of sp³-hybridized carbons (Fsp3) is 0.667. The molecular formula is C9H16N2O4S. The lowest BCUT2D eigenvalue weighted by Gasteiger charge is -2.17. The number of hydrogen-bond donors (Lipinski definition) is 4. The summed E-state index contributed by atoms with van der Waals surface area (Å²) < 4.78 is 0. The molecule has 0 bridgehead atoms. The molecule has 7 heteroatoms. The lowest BCUT2D eigenvalue weighted by atomic mass is 10.1. The number of carbonyl (C=O) groups is 3. The summed E-state index contributed by atoms with van der Waals surface area (Å²) in [4.78, 5) is 32.8. The summed E-state index contributed by atoms with van der Waals surface area (Å²) in [5.41, 5.74) is 5.40. The van der Waals surface area contributed by atoms with Crippen molar-refractivity contribution in [2.24, 2.45) is 5.73 Å². The standard InChI is InChI=1S/C9H16N2O4S/c1-5(12)7(2-3-8(13)14)11-9(15)6(10)4-16/h6-7,16H,2-4,10H2,1H3,(H,11,15)(H,13,14)/t6-,7-/m0/s1. The Morgan fingerprint density at radius 2 is 2.00 bits per heavy atom. The predicted molar refractivity (Wildman–Crippen MR) is 61.3 cm³/mol. The van der Waals surface area contributed by atoms with Gasteiger partial charge in [0.1, 0.15) is 0 Å². The Balaban J connectivity index is 4.28. The van der Waals surface area contributed by atoms with Crippen molar-refractivity contribution in [2.75, 3.05) is 5.75 Å². The van der Waals surface area contributed by atoms with E-state index in [-0.39, 0.29) is 24.4 Å². The van der Waals surface area contributed by atoms with Crippen molar-refractivity contribution in [1.82, 2.24) is 5.32 Å². The summed E-state index contributed by atoms with van der Waals surface area (Å²) in [7, 11) is 0. The Kier molecular flexibility index (Phi) is 6.75. The van der Waals surface area contributed by atoms with Crippen molar-refractivity contribution in [1.29, 1.82) is 0 Å². The maximum Gasteiger partial charge on any atom is 0.303 e. The topological polar surface area (TPSA) is 109 Å². The van der Waals surface area contributed by atoms with Crippen molar-refractivity contribution < 1.29 is 19.5 Å². The Hall–Kier alpha value is -1.08. The number of amides is 1. The highest BCUT2D eigenvalue weighted by Gasteiger charge is 2.20. The van der Waals surface area contributed by atoms with Crippen LogP contribution in [0.1, 0.15) is 19.8 Å². The Morgan fingerprint density at radius 1 is 1.44 bits per heavy atom. The molecule has 0 aromatic carbocycles. The number of rotatable bonds is 7. The molecule has 0 aromatic heterocycles. The Labute approximate surface area is 99.0 Å². The molecule has 0 aliphatic rings. The third-order valence-electron chi connectivity index (χ3n) is 1.99. The van der Waals surface area contributed by atoms with Crippen LogP contribution in [0, 0.1) is 0 Å². The Morgan fingerprint density at radius 3 is 2.38 bits per heavy atom. The Bertz CT molecular complexity index is 283. The molecule has 0 saturated carbocycles. The second-order valence-corrected chi connectivity index (χ2v) is 3.76. The van der Waals surface area contributed by atoms with Gasteiger partial charge < -0.3 is 16.2 Å². The number of carboxylic acids is 1. The normalized spacial score (nSPS) is 13.9. The van der Waals surface area contributed by atoms with Crippen LogP contribution in [-0.4, -0.2) is 40.6 Å². The van der Waals surface area contributed by atoms with E-state index in [4.69, 9.17) is 10.8 Å². The minimum absolute atomic E-state index is 0.0652. The van der Waals surface area contributed by atoms with Crippen LogP contribution >= 0.6 is 12.6 Å². The molecule has 4 N–H and O–H groups in total. The molecule has 0 aliphatic carbocycles. The lowest BCUT2D eigenvalue weighted by molar-refractivity contribution is -0.137. The maximum absolute atomic E-state index is 11.3. The van der Waals surface area contributed by atoms with Gasteiger partial charge in [-0.3, -0.25) is 14.4 Å². The zero-order valence-corrected chi connectivity index (χ0v) is 9.87. The first-order valence-electron chi connectivity index (χ1n) is 4.77. The van der Waals surface area contributed by atoms with E-state index in [9.17, 15) is 14.4 Å². The van der Waals surface area contributed by atoms with Crippen molar-refractivity contribution in [3.63, 3.8) is 0 Å². The van der Waals surface area contributed by atoms with Crippen LogP contribution < -0.4 is 11.1 Å². The highest BCUT2D eigenvalue weighted by atomic mass is 32.1. The largest absolute Gasteiger partial charge is 0.481 e. The second-order valence-electron chi connectivity index (χ2n) is 3.39. The quantitative estimate of drug-likeness (QED) is 0.440. The summed E-state index contributed by atoms with van der Waals surface area (Å²) in [6.45, 7) is 1.29. The monoisotopic (exact) mass is 248 g/mol. The average Bonchev–Trinajstić information content (AvgIpc) is 2.21. The third-order valence-corrected chi connectivity index (χ3v) is 2.38. The molecular weight excluding hydrogens is 232 g/mol. The third kappa shape index (κ3) is 5.72. The number of ketones is 1. The van der Waals surface area contributed by atoms with Crippen molar-refractivity contribution in [3.05, 3.63) is 0 Å². The van der Waals surface area contributed by atoms with Crippen molar-refractivity contribution in [3.8, 4) is 0 Å². The molecule has 0 fully saturated rings. The van der Waals surface area contributed by atoms with Crippen LogP contribution in [0.15, 0.2) is 0 Å². The number of aliphatic carboxylic acids is 1. The minimum Gasteiger partial charge on any atom is -0.481 e. The number of nitrogens with two attached hydrogens (primary N) is 1. The van der Waals surface area contributed by atoms with Gasteiger partial charge in [0.15, 0.2) is 5.78 Å². The van der Waals surface area contributed by atoms with Crippen LogP contribution in [0.5, 0.6) is 0 Å². The first kappa shape index (κ1) is 14.9. The van der Waals surface area contributed by atoms with Gasteiger partial charge in [0.05, 0.1) is 12.1 Å². The number of carboxylic acid groups (broad SMARTS) is 1. The van der Waals surface area contributed by atoms with Crippen molar-refractivity contribution in [2.45, 2.75) is 31.8 Å². The van der Waals surface area contributed by atoms with Gasteiger partial charge in [-0.25, -0.2) is 0 Å². The van der Waals surface area contributed by atoms with Gasteiger partial charge in [0.2, 0.25) is 5.91 Å². The fourth-order valence-electron chi connectivity index (χ4n) is 1.01. The van der Waals surface area contributed by atoms with Gasteiger partial charge in [-0.2, -0.15) is 12.6 Å². The van der Waals surface area contributed by atoms with E-state index >= 15 is 0 Å². The molecule has 1 amide bonds. The molecule has 0 saturated heterocycles. The molecule has 6 nitrogen and oxygen atoms in total. The molecule has 0 heterocycles. The highest BCUT2D eigenvalue weighted by molar-refractivity contribution is 7.80. The van der Waals surface area contributed by atoms with Crippen LogP contribution in [0.25, 0.3) is 0 Å². The van der Waals surface area contributed by atoms with Gasteiger partial charge in [-0.05, 0) is 13.3 Å². The highest BCUT2D eigenvalue weighted by Crippen LogP contribution is 2.00. The smallest absolute Gasteiger partial charge is 0.303 e. The number of hydrogen-bond acceptors (Lipinski definition) is 5. The van der Waals surface area contributed by atoms with Gasteiger partial charge in [-0.1, -0.05) is 0 Å². The molecule has 0 unspecified atom stereocenters. The van der Waals surface area contributed by atoms with E-state index < -0.39 is 24.0 Å². The number of thiol groups is 1. The summed E-state index contributed by atoms with van der Waals surface area (Å²) in [6.07, 6.45) is -0.115. The van der Waals surface area contributed by atoms with Gasteiger partial charge in [0.25, 0.3) is 0 Å². The van der Waals surface area contributed by atoms with Gasteiger partial charge in [0, 0.05) is 12.2 Å². The van der Waals surface area contributed by atoms with Crippen LogP contribution in [0.4, 0.5) is 0 Å². The van der Waals surface area contributed by atoms with Gasteiger partial charge in [-0.15, -0.1) is 0 Å². The summed E-state index contributed by atoms with van der Waals surface area (Å²) in [5, 5.41) is 10.9. The first-order valence-corrected chi connectivity index (χ1v) is 5.40. The van der Waals surface area contributed by atoms with E-state index in [0.717, 1.165) is 0 Å². The van der Waals surface area contributed by atoms with E-state index in [1.165, 1.54) is 6.92 Å². The van der Waals surface area contributed by atoms with Crippen molar-refractivity contribution >= 4 is 30.3 Å². The predicted octanol–water partition coefficient (Wildman–Crippen LogP) is -0.818. The molecule has 0 rings (SSSR count). The fourth-order valence-corrected chi connectivity index (χ4v) is 1.17. The average molecular weight is 248 g/mol. The summed E-state index contributed by atoms with van der Waals surface area (Å²) >= 11 is 3.85. The number of Topliss-reactive ketones (excluding diaryl/α,β-unsaturated/α-hetero) is 1. The van der Waals surface area contributed by atoms with E-state index in [1.807, 2.05) is 0 Å². The first-order chi connectivity index (χ1) is 7.38. The molecule has 92 valence electrons. The van der Waals surface area contributed by atoms with E-state index in [0.29, 0.717) is 0 Å². The maximum atomic E-state index is 11.3. The molecule has 2 atom stereocenters. The zero-order valence-electron chi connectivity index (χ0n) is 8.97. The lowest BCUT2D eigenvalue weighted by Crippen LogP contribution is -2.48. The van der Waals surface area contributed by atoms with Crippen LogP contribution in [0.3, 0.4) is 0 Å². The zero-order chi connectivity index (χ0) is 12.7. The molecule has 0 aliphatic heterocycles. The number of nitrogens with one attached hydrogen (secondary N) is 1. The molecule has 0 radical (unpaired) electrons. The summed E-state index contributed by atoms with van der Waals surface area (Å²) in [5.74, 6) is -1.64. The van der Waals surface area contributed by atoms with E-state index in [1.54, 1.807) is 0 Å². The minimum atomic E-state index is -1.01. The SMILES string of the molecule is CC(=O)[C@H](CCC(=O)O)NC(=O)[C@@H](N)CS. The second kappa shape index (κ2) is 7.24. The van der Waals surface area contributed by atoms with Crippen LogP contribution in [0.2, 0.25) is 0 Å². The molecule has 16 heavy (non-hydrogen) atoms.